The van der Waals surface area contributed by atoms with Crippen molar-refractivity contribution in [3.05, 3.63) is 16.0 Å². The maximum atomic E-state index is 10.7. The lowest BCUT2D eigenvalue weighted by Gasteiger charge is -2.08. The van der Waals surface area contributed by atoms with E-state index in [0.29, 0.717) is 6.42 Å². The number of aromatic nitrogens is 2. The van der Waals surface area contributed by atoms with Crippen molar-refractivity contribution < 1.29 is 9.90 Å². The van der Waals surface area contributed by atoms with E-state index in [2.05, 4.69) is 27.7 Å². The van der Waals surface area contributed by atoms with Gasteiger partial charge in [0.25, 0.3) is 0 Å². The van der Waals surface area contributed by atoms with Gasteiger partial charge in [0.15, 0.2) is 0 Å². The Morgan fingerprint density at radius 3 is 2.92 bits per heavy atom. The lowest BCUT2D eigenvalue weighted by atomic mass is 10.2. The second-order valence-electron chi connectivity index (χ2n) is 2.40. The second-order valence-corrected chi connectivity index (χ2v) is 3.65. The maximum absolute atomic E-state index is 10.7. The van der Waals surface area contributed by atoms with Crippen LogP contribution in [0, 0.1) is 3.57 Å². The zero-order chi connectivity index (χ0) is 9.14. The minimum Gasteiger partial charge on any atom is -0.480 e. The summed E-state index contributed by atoms with van der Waals surface area (Å²) in [6.45, 7) is 1.83. The summed E-state index contributed by atoms with van der Waals surface area (Å²) in [6.07, 6.45) is 3.92. The van der Waals surface area contributed by atoms with Gasteiger partial charge in [-0.25, -0.2) is 4.79 Å². The van der Waals surface area contributed by atoms with Crippen molar-refractivity contribution in [2.75, 3.05) is 0 Å². The van der Waals surface area contributed by atoms with Crippen LogP contribution in [0.3, 0.4) is 0 Å². The largest absolute Gasteiger partial charge is 0.480 e. The SMILES string of the molecule is CC[C@H](C(=O)O)n1cc(I)cn1. The van der Waals surface area contributed by atoms with Gasteiger partial charge in [-0.2, -0.15) is 5.10 Å². The number of carbonyl (C=O) groups is 1. The van der Waals surface area contributed by atoms with E-state index in [-0.39, 0.29) is 0 Å². The quantitative estimate of drug-likeness (QED) is 0.854. The minimum absolute atomic E-state index is 0.534. The van der Waals surface area contributed by atoms with E-state index in [0.717, 1.165) is 3.57 Å². The highest BCUT2D eigenvalue weighted by Crippen LogP contribution is 2.12. The molecule has 0 unspecified atom stereocenters. The Morgan fingerprint density at radius 2 is 2.58 bits per heavy atom. The fraction of sp³-hybridized carbons (Fsp3) is 0.429. The summed E-state index contributed by atoms with van der Waals surface area (Å²) in [5.41, 5.74) is 0. The number of carboxylic acids is 1. The topological polar surface area (TPSA) is 55.1 Å². The summed E-state index contributed by atoms with van der Waals surface area (Å²) in [5.74, 6) is -0.836. The number of nitrogens with zero attached hydrogens (tertiary/aromatic N) is 2. The third kappa shape index (κ3) is 1.96. The average molecular weight is 280 g/mol. The van der Waals surface area contributed by atoms with Crippen LogP contribution in [0.15, 0.2) is 12.4 Å². The Labute approximate surface area is 83.7 Å². The van der Waals surface area contributed by atoms with E-state index in [1.165, 1.54) is 4.68 Å². The van der Waals surface area contributed by atoms with Crippen LogP contribution in [0.5, 0.6) is 0 Å². The molecule has 1 aromatic rings. The first-order valence-corrected chi connectivity index (χ1v) is 4.65. The fourth-order valence-electron chi connectivity index (χ4n) is 0.960. The Hall–Kier alpha value is -0.590. The number of halogens is 1. The minimum atomic E-state index is -0.836. The molecule has 0 aliphatic rings. The van der Waals surface area contributed by atoms with Crippen LogP contribution in [0.4, 0.5) is 0 Å². The van der Waals surface area contributed by atoms with Gasteiger partial charge in [-0.3, -0.25) is 4.68 Å². The average Bonchev–Trinajstić information content (AvgIpc) is 2.37. The number of hydrogen-bond donors (Lipinski definition) is 1. The van der Waals surface area contributed by atoms with Crippen molar-refractivity contribution >= 4 is 28.6 Å². The molecule has 0 saturated carbocycles. The highest BCUT2D eigenvalue weighted by atomic mass is 127. The molecule has 5 heteroatoms. The van der Waals surface area contributed by atoms with Gasteiger partial charge < -0.3 is 5.11 Å². The van der Waals surface area contributed by atoms with E-state index in [9.17, 15) is 4.79 Å². The van der Waals surface area contributed by atoms with Crippen LogP contribution in [0.1, 0.15) is 19.4 Å². The standard InChI is InChI=1S/C7H9IN2O2/c1-2-6(7(11)12)10-4-5(8)3-9-10/h3-4,6H,2H2,1H3,(H,11,12)/t6-/m1/s1. The van der Waals surface area contributed by atoms with Gasteiger partial charge in [-0.05, 0) is 29.0 Å². The first-order valence-electron chi connectivity index (χ1n) is 3.57. The third-order valence-electron chi connectivity index (χ3n) is 1.56. The fourth-order valence-corrected chi connectivity index (χ4v) is 1.37. The van der Waals surface area contributed by atoms with Crippen molar-refractivity contribution in [2.24, 2.45) is 0 Å². The van der Waals surface area contributed by atoms with Gasteiger partial charge >= 0.3 is 5.97 Å². The predicted octanol–water partition coefficient (Wildman–Crippen LogP) is 1.52. The zero-order valence-electron chi connectivity index (χ0n) is 6.57. The molecule has 1 heterocycles. The van der Waals surface area contributed by atoms with Gasteiger partial charge in [0.1, 0.15) is 6.04 Å². The molecular formula is C7H9IN2O2. The van der Waals surface area contributed by atoms with Gasteiger partial charge in [-0.1, -0.05) is 6.92 Å². The third-order valence-corrected chi connectivity index (χ3v) is 2.12. The lowest BCUT2D eigenvalue weighted by molar-refractivity contribution is -0.141. The molecular weight excluding hydrogens is 271 g/mol. The molecule has 0 saturated heterocycles. The molecule has 4 nitrogen and oxygen atoms in total. The van der Waals surface area contributed by atoms with E-state index in [1.807, 2.05) is 6.92 Å². The molecule has 0 aliphatic heterocycles. The number of aliphatic carboxylic acids is 1. The van der Waals surface area contributed by atoms with Gasteiger partial charge in [0.05, 0.1) is 9.77 Å². The molecule has 66 valence electrons. The molecule has 1 N–H and O–H groups in total. The summed E-state index contributed by atoms with van der Waals surface area (Å²) in [6, 6.07) is -0.534. The molecule has 1 rings (SSSR count). The van der Waals surface area contributed by atoms with Crippen molar-refractivity contribution in [3.63, 3.8) is 0 Å². The van der Waals surface area contributed by atoms with Crippen LogP contribution in [0.25, 0.3) is 0 Å². The molecule has 1 aromatic heterocycles. The summed E-state index contributed by atoms with van der Waals surface area (Å²) in [5, 5.41) is 12.7. The monoisotopic (exact) mass is 280 g/mol. The molecule has 0 spiro atoms. The van der Waals surface area contributed by atoms with E-state index < -0.39 is 12.0 Å². The smallest absolute Gasteiger partial charge is 0.328 e. The van der Waals surface area contributed by atoms with Crippen molar-refractivity contribution in [1.29, 1.82) is 0 Å². The first kappa shape index (κ1) is 9.50. The van der Waals surface area contributed by atoms with Crippen LogP contribution in [0.2, 0.25) is 0 Å². The Morgan fingerprint density at radius 1 is 1.92 bits per heavy atom. The number of hydrogen-bond acceptors (Lipinski definition) is 2. The van der Waals surface area contributed by atoms with E-state index in [1.54, 1.807) is 12.4 Å². The summed E-state index contributed by atoms with van der Waals surface area (Å²) in [4.78, 5) is 10.7. The van der Waals surface area contributed by atoms with Crippen LogP contribution < -0.4 is 0 Å². The Bertz CT molecular complexity index is 285. The maximum Gasteiger partial charge on any atom is 0.328 e. The number of rotatable bonds is 3. The van der Waals surface area contributed by atoms with Crippen molar-refractivity contribution in [1.82, 2.24) is 9.78 Å². The molecule has 0 fully saturated rings. The van der Waals surface area contributed by atoms with Gasteiger partial charge in [0, 0.05) is 6.20 Å². The highest BCUT2D eigenvalue weighted by Gasteiger charge is 2.17. The molecule has 0 aliphatic carbocycles. The molecule has 1 atom stereocenters. The molecule has 0 radical (unpaired) electrons. The zero-order valence-corrected chi connectivity index (χ0v) is 8.72. The van der Waals surface area contributed by atoms with Crippen LogP contribution >= 0.6 is 22.6 Å². The van der Waals surface area contributed by atoms with E-state index in [4.69, 9.17) is 5.11 Å². The number of carboxylic acid groups (broad SMARTS) is 1. The van der Waals surface area contributed by atoms with Gasteiger partial charge in [0.2, 0.25) is 0 Å². The van der Waals surface area contributed by atoms with Crippen LogP contribution in [-0.4, -0.2) is 20.9 Å². The van der Waals surface area contributed by atoms with E-state index >= 15 is 0 Å². The van der Waals surface area contributed by atoms with Crippen molar-refractivity contribution in [2.45, 2.75) is 19.4 Å². The summed E-state index contributed by atoms with van der Waals surface area (Å²) >= 11 is 2.10. The Kier molecular flexibility index (Phi) is 3.07. The van der Waals surface area contributed by atoms with Crippen LogP contribution in [-0.2, 0) is 4.79 Å². The summed E-state index contributed by atoms with van der Waals surface area (Å²) in [7, 11) is 0. The highest BCUT2D eigenvalue weighted by molar-refractivity contribution is 14.1. The predicted molar refractivity (Wildman–Crippen MR) is 51.9 cm³/mol. The molecule has 12 heavy (non-hydrogen) atoms. The van der Waals surface area contributed by atoms with Gasteiger partial charge in [-0.15, -0.1) is 0 Å². The summed E-state index contributed by atoms with van der Waals surface area (Å²) < 4.78 is 2.43. The Balaban J connectivity index is 2.87. The first-order chi connectivity index (χ1) is 5.65. The lowest BCUT2D eigenvalue weighted by Crippen LogP contribution is -2.18. The molecule has 0 aromatic carbocycles. The second kappa shape index (κ2) is 3.88. The molecule has 0 amide bonds. The normalized spacial score (nSPS) is 12.8. The van der Waals surface area contributed by atoms with Crippen molar-refractivity contribution in [3.8, 4) is 0 Å². The molecule has 0 bridgehead atoms.